The van der Waals surface area contributed by atoms with Gasteiger partial charge in [-0.1, -0.05) is 13.8 Å². The van der Waals surface area contributed by atoms with Crippen LogP contribution in [0.5, 0.6) is 0 Å². The minimum atomic E-state index is -0.208. The molecular weight excluding hydrogens is 445 g/mol. The molecule has 1 saturated heterocycles. The van der Waals surface area contributed by atoms with Gasteiger partial charge in [-0.2, -0.15) is 0 Å². The van der Waals surface area contributed by atoms with Gasteiger partial charge in [0.25, 0.3) is 0 Å². The number of hydrogen-bond donors (Lipinski definition) is 1. The molecule has 0 aliphatic carbocycles. The molecule has 0 unspecified atom stereocenters. The lowest BCUT2D eigenvalue weighted by Crippen LogP contribution is -2.53. The largest absolute Gasteiger partial charge is 0.450 e. The summed E-state index contributed by atoms with van der Waals surface area (Å²) < 4.78 is 5.07. The first-order valence-electron chi connectivity index (χ1n) is 9.83. The maximum absolute atomic E-state index is 11.8. The molecule has 1 amide bonds. The molecule has 0 bridgehead atoms. The fraction of sp³-hybridized carbons (Fsp3) is 0.889. The van der Waals surface area contributed by atoms with Crippen molar-refractivity contribution >= 4 is 36.0 Å². The second kappa shape index (κ2) is 15.3. The highest BCUT2D eigenvalue weighted by Gasteiger charge is 2.23. The van der Waals surface area contributed by atoms with Crippen molar-refractivity contribution in [2.75, 3.05) is 65.5 Å². The maximum Gasteiger partial charge on any atom is 0.409 e. The van der Waals surface area contributed by atoms with Gasteiger partial charge in [-0.3, -0.25) is 4.99 Å². The fourth-order valence-electron chi connectivity index (χ4n) is 2.91. The Hall–Kier alpha value is -0.770. The number of hydrogen-bond acceptors (Lipinski definition) is 4. The number of aliphatic imine (C=N–C) groups is 1. The SMILES string of the molecule is CCNC(=NCCCCN(CC)CC)N1CCN(C(=O)OCC)CC1.I. The minimum Gasteiger partial charge on any atom is -0.450 e. The second-order valence-electron chi connectivity index (χ2n) is 6.14. The monoisotopic (exact) mass is 483 g/mol. The molecule has 0 aromatic carbocycles. The highest BCUT2D eigenvalue weighted by molar-refractivity contribution is 14.0. The molecule has 1 heterocycles. The van der Waals surface area contributed by atoms with Gasteiger partial charge in [0.05, 0.1) is 6.61 Å². The molecule has 1 aliphatic heterocycles. The molecule has 26 heavy (non-hydrogen) atoms. The van der Waals surface area contributed by atoms with Crippen molar-refractivity contribution in [3.63, 3.8) is 0 Å². The lowest BCUT2D eigenvalue weighted by Gasteiger charge is -2.35. The summed E-state index contributed by atoms with van der Waals surface area (Å²) in [4.78, 5) is 23.0. The number of ether oxygens (including phenoxy) is 1. The van der Waals surface area contributed by atoms with E-state index in [1.807, 2.05) is 6.92 Å². The van der Waals surface area contributed by atoms with E-state index in [-0.39, 0.29) is 30.1 Å². The van der Waals surface area contributed by atoms with Crippen LogP contribution in [0.3, 0.4) is 0 Å². The molecule has 1 fully saturated rings. The molecule has 0 aromatic rings. The molecule has 1 aliphatic rings. The summed E-state index contributed by atoms with van der Waals surface area (Å²) in [6.45, 7) is 16.8. The number of amides is 1. The van der Waals surface area contributed by atoms with Crippen molar-refractivity contribution in [3.8, 4) is 0 Å². The summed E-state index contributed by atoms with van der Waals surface area (Å²) in [5, 5.41) is 3.37. The van der Waals surface area contributed by atoms with Crippen LogP contribution in [0.25, 0.3) is 0 Å². The quantitative estimate of drug-likeness (QED) is 0.236. The number of halogens is 1. The number of piperazine rings is 1. The number of nitrogens with one attached hydrogen (secondary N) is 1. The van der Waals surface area contributed by atoms with Crippen LogP contribution in [0.2, 0.25) is 0 Å². The van der Waals surface area contributed by atoms with Gasteiger partial charge in [0.15, 0.2) is 5.96 Å². The molecule has 0 atom stereocenters. The predicted octanol–water partition coefficient (Wildman–Crippen LogP) is 2.47. The predicted molar refractivity (Wildman–Crippen MR) is 119 cm³/mol. The first-order chi connectivity index (χ1) is 12.2. The molecule has 1 N–H and O–H groups in total. The zero-order valence-electron chi connectivity index (χ0n) is 17.0. The molecule has 0 aromatic heterocycles. The van der Waals surface area contributed by atoms with Gasteiger partial charge in [-0.05, 0) is 46.3 Å². The molecule has 8 heteroatoms. The summed E-state index contributed by atoms with van der Waals surface area (Å²) in [7, 11) is 0. The van der Waals surface area contributed by atoms with Crippen LogP contribution in [0, 0.1) is 0 Å². The highest BCUT2D eigenvalue weighted by atomic mass is 127. The van der Waals surface area contributed by atoms with E-state index in [1.54, 1.807) is 4.90 Å². The van der Waals surface area contributed by atoms with Crippen LogP contribution in [0.4, 0.5) is 4.79 Å². The highest BCUT2D eigenvalue weighted by Crippen LogP contribution is 2.05. The Labute approximate surface area is 176 Å². The Kier molecular flexibility index (Phi) is 14.9. The summed E-state index contributed by atoms with van der Waals surface area (Å²) in [5.74, 6) is 0.967. The van der Waals surface area contributed by atoms with Gasteiger partial charge in [-0.25, -0.2) is 4.79 Å². The van der Waals surface area contributed by atoms with Crippen LogP contribution in [0.15, 0.2) is 4.99 Å². The summed E-state index contributed by atoms with van der Waals surface area (Å²) in [6.07, 6.45) is 2.08. The molecule has 154 valence electrons. The maximum atomic E-state index is 11.8. The van der Waals surface area contributed by atoms with Crippen LogP contribution in [-0.2, 0) is 4.74 Å². The van der Waals surface area contributed by atoms with Crippen LogP contribution >= 0.6 is 24.0 Å². The standard InChI is InChI=1S/C18H37N5O2.HI/c1-5-19-17(20-11-9-10-12-21(6-2)7-3)22-13-15-23(16-14-22)18(24)25-8-4;/h5-16H2,1-4H3,(H,19,20);1H. The van der Waals surface area contributed by atoms with E-state index in [0.717, 1.165) is 58.2 Å². The summed E-state index contributed by atoms with van der Waals surface area (Å²) in [5.41, 5.74) is 0. The Morgan fingerprint density at radius 1 is 1.04 bits per heavy atom. The van der Waals surface area contributed by atoms with Crippen LogP contribution in [0.1, 0.15) is 40.5 Å². The summed E-state index contributed by atoms with van der Waals surface area (Å²) in [6, 6.07) is 0. The van der Waals surface area contributed by atoms with Gasteiger partial charge < -0.3 is 24.8 Å². The van der Waals surface area contributed by atoms with Crippen molar-refractivity contribution < 1.29 is 9.53 Å². The third kappa shape index (κ3) is 9.25. The fourth-order valence-corrected chi connectivity index (χ4v) is 2.91. The lowest BCUT2D eigenvalue weighted by molar-refractivity contribution is 0.0914. The summed E-state index contributed by atoms with van der Waals surface area (Å²) >= 11 is 0. The molecule has 0 radical (unpaired) electrons. The van der Waals surface area contributed by atoms with Gasteiger partial charge in [0, 0.05) is 39.3 Å². The third-order valence-electron chi connectivity index (χ3n) is 4.48. The van der Waals surface area contributed by atoms with Crippen molar-refractivity contribution in [2.45, 2.75) is 40.5 Å². The van der Waals surface area contributed by atoms with Crippen molar-refractivity contribution in [1.82, 2.24) is 20.0 Å². The Morgan fingerprint density at radius 2 is 1.65 bits per heavy atom. The Balaban J connectivity index is 0.00000625. The number of guanidine groups is 1. The zero-order chi connectivity index (χ0) is 18.5. The number of rotatable bonds is 9. The van der Waals surface area contributed by atoms with Crippen molar-refractivity contribution in [2.24, 2.45) is 4.99 Å². The van der Waals surface area contributed by atoms with Crippen LogP contribution < -0.4 is 5.32 Å². The molecule has 1 rings (SSSR count). The zero-order valence-corrected chi connectivity index (χ0v) is 19.3. The molecule has 7 nitrogen and oxygen atoms in total. The third-order valence-corrected chi connectivity index (χ3v) is 4.48. The second-order valence-corrected chi connectivity index (χ2v) is 6.14. The topological polar surface area (TPSA) is 60.4 Å². The van der Waals surface area contributed by atoms with Crippen molar-refractivity contribution in [1.29, 1.82) is 0 Å². The van der Waals surface area contributed by atoms with E-state index in [0.29, 0.717) is 19.7 Å². The molecular formula is C18H38IN5O2. The van der Waals surface area contributed by atoms with Crippen molar-refractivity contribution in [3.05, 3.63) is 0 Å². The van der Waals surface area contributed by atoms with Gasteiger partial charge in [0.2, 0.25) is 0 Å². The number of nitrogens with zero attached hydrogens (tertiary/aromatic N) is 4. The normalized spacial score (nSPS) is 15.0. The average molecular weight is 483 g/mol. The average Bonchev–Trinajstić information content (AvgIpc) is 2.64. The number of unbranched alkanes of at least 4 members (excludes halogenated alkanes) is 1. The number of carbonyl (C=O) groups excluding carboxylic acids is 1. The lowest BCUT2D eigenvalue weighted by atomic mass is 10.3. The minimum absolute atomic E-state index is 0. The van der Waals surface area contributed by atoms with E-state index in [2.05, 4.69) is 35.9 Å². The Bertz CT molecular complexity index is 397. The van der Waals surface area contributed by atoms with E-state index in [4.69, 9.17) is 9.73 Å². The first-order valence-corrected chi connectivity index (χ1v) is 9.83. The van der Waals surface area contributed by atoms with E-state index in [9.17, 15) is 4.79 Å². The van der Waals surface area contributed by atoms with E-state index >= 15 is 0 Å². The van der Waals surface area contributed by atoms with Gasteiger partial charge in [0.1, 0.15) is 0 Å². The van der Waals surface area contributed by atoms with E-state index < -0.39 is 0 Å². The molecule has 0 spiro atoms. The smallest absolute Gasteiger partial charge is 0.409 e. The Morgan fingerprint density at radius 3 is 2.19 bits per heavy atom. The molecule has 0 saturated carbocycles. The van der Waals surface area contributed by atoms with E-state index in [1.165, 1.54) is 6.42 Å². The van der Waals surface area contributed by atoms with Gasteiger partial charge >= 0.3 is 6.09 Å². The van der Waals surface area contributed by atoms with Crippen LogP contribution in [-0.4, -0.2) is 92.3 Å². The number of carbonyl (C=O) groups is 1. The van der Waals surface area contributed by atoms with Gasteiger partial charge in [-0.15, -0.1) is 24.0 Å². The first kappa shape index (κ1) is 25.2.